The van der Waals surface area contributed by atoms with Gasteiger partial charge in [0.25, 0.3) is 0 Å². The Morgan fingerprint density at radius 1 is 1.11 bits per heavy atom. The van der Waals surface area contributed by atoms with Crippen molar-refractivity contribution in [3.63, 3.8) is 0 Å². The molecule has 3 aliphatic heterocycles. The van der Waals surface area contributed by atoms with E-state index in [0.717, 1.165) is 54.3 Å². The fourth-order valence-electron chi connectivity index (χ4n) is 6.10. The molecule has 3 aromatic rings. The number of sulfone groups is 1. The number of ether oxygens (including phenoxy) is 1. The van der Waals surface area contributed by atoms with Crippen LogP contribution in [0.15, 0.2) is 30.7 Å². The van der Waals surface area contributed by atoms with Gasteiger partial charge in [-0.15, -0.1) is 0 Å². The van der Waals surface area contributed by atoms with Crippen LogP contribution < -0.4 is 15.1 Å². The minimum Gasteiger partial charge on any atom is -0.379 e. The van der Waals surface area contributed by atoms with Crippen molar-refractivity contribution < 1.29 is 13.2 Å². The zero-order valence-corrected chi connectivity index (χ0v) is 23.1. The smallest absolute Gasteiger partial charge is 0.227 e. The summed E-state index contributed by atoms with van der Waals surface area (Å²) in [6.07, 6.45) is 8.00. The first-order valence-corrected chi connectivity index (χ1v) is 15.4. The van der Waals surface area contributed by atoms with Crippen LogP contribution in [0.5, 0.6) is 0 Å². The third kappa shape index (κ3) is 4.66. The first-order chi connectivity index (χ1) is 18.2. The average Bonchev–Trinajstić information content (AvgIpc) is 3.49. The van der Waals surface area contributed by atoms with Gasteiger partial charge >= 0.3 is 0 Å². The SMILES string of the molecule is CC(C)c1ncc(N2C[C@H](CS(C)(=O)=O)[C@H]2C)c2cnc(Nc3ccnc(N4CC[C@@H]5COC[C@@H]54)n3)cc12. The van der Waals surface area contributed by atoms with Crippen LogP contribution in [0, 0.1) is 11.8 Å². The summed E-state index contributed by atoms with van der Waals surface area (Å²) < 4.78 is 29.3. The van der Waals surface area contributed by atoms with E-state index < -0.39 is 9.84 Å². The van der Waals surface area contributed by atoms with E-state index in [-0.39, 0.29) is 23.6 Å². The van der Waals surface area contributed by atoms with Crippen molar-refractivity contribution >= 4 is 43.9 Å². The van der Waals surface area contributed by atoms with E-state index in [1.807, 2.05) is 24.5 Å². The highest BCUT2D eigenvalue weighted by molar-refractivity contribution is 7.90. The standard InChI is InChI=1S/C27H35N7O3S/c1-16(2)26-20-9-25(31-24-5-7-28-27(32-24)33-8-6-18-13-37-14-23(18)33)29-10-21(20)22(11-30-26)34-12-19(17(34)3)15-38(4,35)36/h5,7,9-11,16-19,23H,6,8,12-15H2,1-4H3,(H,28,29,31,32)/t17-,18-,19-,23+/m1/s1. The highest BCUT2D eigenvalue weighted by Gasteiger charge is 2.40. The molecule has 3 fully saturated rings. The van der Waals surface area contributed by atoms with Gasteiger partial charge in [-0.2, -0.15) is 4.98 Å². The van der Waals surface area contributed by atoms with Crippen molar-refractivity contribution in [3.8, 4) is 0 Å². The van der Waals surface area contributed by atoms with E-state index >= 15 is 0 Å². The zero-order chi connectivity index (χ0) is 26.6. The van der Waals surface area contributed by atoms with Crippen LogP contribution in [0.1, 0.15) is 38.8 Å². The molecule has 3 aromatic heterocycles. The van der Waals surface area contributed by atoms with Gasteiger partial charge in [0.15, 0.2) is 0 Å². The first-order valence-electron chi connectivity index (χ1n) is 13.4. The number of nitrogens with zero attached hydrogens (tertiary/aromatic N) is 6. The first kappa shape index (κ1) is 25.2. The molecular formula is C27H35N7O3S. The number of fused-ring (bicyclic) bond motifs is 2. The second-order valence-corrected chi connectivity index (χ2v) is 13.4. The number of hydrogen-bond donors (Lipinski definition) is 1. The van der Waals surface area contributed by atoms with Crippen LogP contribution in [0.3, 0.4) is 0 Å². The Hall–Kier alpha value is -3.05. The van der Waals surface area contributed by atoms with Gasteiger partial charge in [-0.05, 0) is 31.4 Å². The van der Waals surface area contributed by atoms with Crippen LogP contribution >= 0.6 is 0 Å². The van der Waals surface area contributed by atoms with E-state index in [9.17, 15) is 8.42 Å². The molecule has 11 heteroatoms. The molecule has 0 radical (unpaired) electrons. The lowest BCUT2D eigenvalue weighted by Gasteiger charge is -2.48. The molecule has 0 saturated carbocycles. The van der Waals surface area contributed by atoms with Gasteiger partial charge in [0, 0.05) is 60.4 Å². The van der Waals surface area contributed by atoms with Gasteiger partial charge in [0.05, 0.1) is 42.6 Å². The van der Waals surface area contributed by atoms with Gasteiger partial charge < -0.3 is 19.9 Å². The Bertz CT molecular complexity index is 1460. The Balaban J connectivity index is 1.28. The Morgan fingerprint density at radius 3 is 2.71 bits per heavy atom. The number of aromatic nitrogens is 4. The van der Waals surface area contributed by atoms with Crippen LogP contribution in [0.4, 0.5) is 23.3 Å². The molecule has 0 aliphatic carbocycles. The third-order valence-electron chi connectivity index (χ3n) is 8.22. The van der Waals surface area contributed by atoms with Crippen LogP contribution in [0.2, 0.25) is 0 Å². The predicted octanol–water partition coefficient (Wildman–Crippen LogP) is 3.38. The molecule has 38 heavy (non-hydrogen) atoms. The second kappa shape index (κ2) is 9.60. The number of anilines is 4. The summed E-state index contributed by atoms with van der Waals surface area (Å²) in [4.78, 5) is 23.4. The molecule has 0 bridgehead atoms. The number of hydrogen-bond acceptors (Lipinski definition) is 10. The van der Waals surface area contributed by atoms with Crippen LogP contribution in [0.25, 0.3) is 10.8 Å². The van der Waals surface area contributed by atoms with Gasteiger partial charge in [-0.25, -0.2) is 18.4 Å². The Kier molecular flexibility index (Phi) is 6.38. The summed E-state index contributed by atoms with van der Waals surface area (Å²) >= 11 is 0. The number of pyridine rings is 2. The number of rotatable bonds is 7. The monoisotopic (exact) mass is 537 g/mol. The summed E-state index contributed by atoms with van der Waals surface area (Å²) in [6.45, 7) is 9.55. The fourth-order valence-corrected chi connectivity index (χ4v) is 7.26. The summed E-state index contributed by atoms with van der Waals surface area (Å²) in [6, 6.07) is 4.36. The minimum absolute atomic E-state index is 0.118. The van der Waals surface area contributed by atoms with Gasteiger partial charge in [-0.1, -0.05) is 13.8 Å². The maximum atomic E-state index is 11.8. The number of nitrogens with one attached hydrogen (secondary N) is 1. The van der Waals surface area contributed by atoms with E-state index in [1.54, 1.807) is 6.20 Å². The molecule has 0 aromatic carbocycles. The Morgan fingerprint density at radius 2 is 1.95 bits per heavy atom. The van der Waals surface area contributed by atoms with Gasteiger partial charge in [-0.3, -0.25) is 4.98 Å². The van der Waals surface area contributed by atoms with E-state index in [4.69, 9.17) is 19.7 Å². The van der Waals surface area contributed by atoms with Gasteiger partial charge in [0.2, 0.25) is 5.95 Å². The molecule has 0 unspecified atom stereocenters. The lowest BCUT2D eigenvalue weighted by molar-refractivity contribution is 0.179. The average molecular weight is 538 g/mol. The normalized spacial score (nSPS) is 25.2. The lowest BCUT2D eigenvalue weighted by atomic mass is 9.90. The maximum Gasteiger partial charge on any atom is 0.227 e. The fraction of sp³-hybridized carbons (Fsp3) is 0.556. The lowest BCUT2D eigenvalue weighted by Crippen LogP contribution is -2.57. The molecule has 1 N–H and O–H groups in total. The highest BCUT2D eigenvalue weighted by Crippen LogP contribution is 2.39. The van der Waals surface area contributed by atoms with E-state index in [2.05, 4.69) is 40.9 Å². The summed E-state index contributed by atoms with van der Waals surface area (Å²) in [5, 5.41) is 5.43. The summed E-state index contributed by atoms with van der Waals surface area (Å²) in [5.74, 6) is 3.22. The highest BCUT2D eigenvalue weighted by atomic mass is 32.2. The van der Waals surface area contributed by atoms with Crippen molar-refractivity contribution in [2.45, 2.75) is 45.2 Å². The van der Waals surface area contributed by atoms with Crippen molar-refractivity contribution in [2.24, 2.45) is 11.8 Å². The molecular weight excluding hydrogens is 502 g/mol. The predicted molar refractivity (Wildman–Crippen MR) is 149 cm³/mol. The van der Waals surface area contributed by atoms with E-state index in [1.165, 1.54) is 6.26 Å². The van der Waals surface area contributed by atoms with Crippen LogP contribution in [-0.4, -0.2) is 78.7 Å². The molecule has 0 spiro atoms. The zero-order valence-electron chi connectivity index (χ0n) is 22.3. The Labute approximate surface area is 223 Å². The molecule has 10 nitrogen and oxygen atoms in total. The molecule has 3 saturated heterocycles. The van der Waals surface area contributed by atoms with Crippen molar-refractivity contribution in [1.82, 2.24) is 19.9 Å². The summed E-state index contributed by atoms with van der Waals surface area (Å²) in [5.41, 5.74) is 2.00. The topological polar surface area (TPSA) is 113 Å². The molecule has 6 heterocycles. The van der Waals surface area contributed by atoms with Gasteiger partial charge in [0.1, 0.15) is 21.5 Å². The van der Waals surface area contributed by atoms with E-state index in [0.29, 0.717) is 30.1 Å². The molecule has 202 valence electrons. The van der Waals surface area contributed by atoms with Crippen LogP contribution in [-0.2, 0) is 14.6 Å². The molecule has 0 amide bonds. The maximum absolute atomic E-state index is 11.8. The largest absolute Gasteiger partial charge is 0.379 e. The molecule has 4 atom stereocenters. The third-order valence-corrected chi connectivity index (χ3v) is 9.26. The minimum atomic E-state index is -3.01. The molecule has 3 aliphatic rings. The summed E-state index contributed by atoms with van der Waals surface area (Å²) in [7, 11) is -3.01. The molecule has 6 rings (SSSR count). The second-order valence-electron chi connectivity index (χ2n) is 11.3. The van der Waals surface area contributed by atoms with Crippen molar-refractivity contribution in [2.75, 3.05) is 53.4 Å². The van der Waals surface area contributed by atoms with Crippen molar-refractivity contribution in [1.29, 1.82) is 0 Å². The van der Waals surface area contributed by atoms with Crippen molar-refractivity contribution in [3.05, 3.63) is 36.4 Å². The quantitative estimate of drug-likeness (QED) is 0.481.